The zero-order valence-electron chi connectivity index (χ0n) is 23.5. The molecule has 2 N–H and O–H groups in total. The molecule has 1 saturated heterocycles. The first-order valence-electron chi connectivity index (χ1n) is 13.4. The van der Waals surface area contributed by atoms with Crippen LogP contribution in [-0.2, 0) is 21.0 Å². The minimum atomic E-state index is -4.54. The van der Waals surface area contributed by atoms with Crippen LogP contribution in [0.25, 0.3) is 6.08 Å². The number of alkyl halides is 3. The number of nitrogens with one attached hydrogen (secondary N) is 1. The summed E-state index contributed by atoms with van der Waals surface area (Å²) in [6, 6.07) is 7.92. The zero-order chi connectivity index (χ0) is 30.9. The van der Waals surface area contributed by atoms with Gasteiger partial charge in [-0.3, -0.25) is 14.6 Å². The molecule has 0 atom stereocenters. The summed E-state index contributed by atoms with van der Waals surface area (Å²) in [6.45, 7) is 3.97. The SMILES string of the molecule is Cc1cc(C(=O)N(C)CCCO)cc(C)c1C=CS(=O)(=O)N1CCC2(CC1)N=C(c1cccc(C(F)(F)F)c1)NC2=O. The van der Waals surface area contributed by atoms with Crippen LogP contribution in [-0.4, -0.2) is 79.2 Å². The Kier molecular flexibility index (Phi) is 8.95. The molecule has 0 bridgehead atoms. The van der Waals surface area contributed by atoms with Gasteiger partial charge in [0.2, 0.25) is 10.0 Å². The lowest BCUT2D eigenvalue weighted by Crippen LogP contribution is -2.50. The Morgan fingerprint density at radius 1 is 1.17 bits per heavy atom. The van der Waals surface area contributed by atoms with E-state index in [9.17, 15) is 31.2 Å². The Bertz CT molecular complexity index is 1520. The number of aliphatic hydroxyl groups is 1. The number of nitrogens with zero attached hydrogens (tertiary/aromatic N) is 3. The van der Waals surface area contributed by atoms with E-state index in [1.807, 2.05) is 0 Å². The van der Waals surface area contributed by atoms with E-state index >= 15 is 0 Å². The van der Waals surface area contributed by atoms with E-state index in [4.69, 9.17) is 5.11 Å². The summed E-state index contributed by atoms with van der Waals surface area (Å²) in [5.74, 6) is -0.630. The van der Waals surface area contributed by atoms with Crippen LogP contribution in [0.15, 0.2) is 46.8 Å². The second kappa shape index (κ2) is 12.0. The van der Waals surface area contributed by atoms with Gasteiger partial charge in [-0.1, -0.05) is 12.1 Å². The minimum Gasteiger partial charge on any atom is -0.396 e. The fraction of sp³-hybridized carbons (Fsp3) is 0.414. The maximum atomic E-state index is 13.2. The van der Waals surface area contributed by atoms with Crippen molar-refractivity contribution in [2.24, 2.45) is 4.99 Å². The fourth-order valence-corrected chi connectivity index (χ4v) is 6.35. The molecule has 1 spiro atoms. The van der Waals surface area contributed by atoms with Crippen molar-refractivity contribution in [3.8, 4) is 0 Å². The van der Waals surface area contributed by atoms with E-state index in [0.29, 0.717) is 24.1 Å². The van der Waals surface area contributed by atoms with Crippen molar-refractivity contribution in [3.63, 3.8) is 0 Å². The van der Waals surface area contributed by atoms with E-state index in [-0.39, 0.29) is 49.8 Å². The Hall–Kier alpha value is -3.55. The third-order valence-electron chi connectivity index (χ3n) is 7.60. The van der Waals surface area contributed by atoms with Gasteiger partial charge < -0.3 is 15.3 Å². The van der Waals surface area contributed by atoms with Gasteiger partial charge in [-0.25, -0.2) is 8.42 Å². The Balaban J connectivity index is 1.46. The number of piperidine rings is 1. The topological polar surface area (TPSA) is 119 Å². The van der Waals surface area contributed by atoms with Crippen LogP contribution in [0.3, 0.4) is 0 Å². The van der Waals surface area contributed by atoms with Crippen LogP contribution in [0.1, 0.15) is 57.4 Å². The van der Waals surface area contributed by atoms with Gasteiger partial charge in [0, 0.05) is 49.8 Å². The van der Waals surface area contributed by atoms with E-state index in [0.717, 1.165) is 28.7 Å². The number of halogens is 3. The summed E-state index contributed by atoms with van der Waals surface area (Å²) in [6.07, 6.45) is -2.44. The number of benzene rings is 2. The molecule has 2 aliphatic heterocycles. The average Bonchev–Trinajstić information content (AvgIpc) is 3.25. The van der Waals surface area contributed by atoms with Crippen molar-refractivity contribution in [2.75, 3.05) is 33.3 Å². The molecule has 42 heavy (non-hydrogen) atoms. The molecule has 9 nitrogen and oxygen atoms in total. The molecule has 2 amide bonds. The van der Waals surface area contributed by atoms with Crippen molar-refractivity contribution in [3.05, 3.63) is 75.2 Å². The highest BCUT2D eigenvalue weighted by Crippen LogP contribution is 2.34. The number of aryl methyl sites for hydroxylation is 2. The number of rotatable bonds is 8. The van der Waals surface area contributed by atoms with Crippen LogP contribution >= 0.6 is 0 Å². The molecule has 226 valence electrons. The second-order valence-electron chi connectivity index (χ2n) is 10.6. The molecule has 0 unspecified atom stereocenters. The number of carbonyl (C=O) groups is 2. The average molecular weight is 607 g/mol. The quantitative estimate of drug-likeness (QED) is 0.477. The Morgan fingerprint density at radius 2 is 1.81 bits per heavy atom. The lowest BCUT2D eigenvalue weighted by atomic mass is 9.89. The van der Waals surface area contributed by atoms with Crippen molar-refractivity contribution < 1.29 is 36.3 Å². The molecule has 2 aromatic carbocycles. The molecular weight excluding hydrogens is 573 g/mol. The van der Waals surface area contributed by atoms with Gasteiger partial charge >= 0.3 is 6.18 Å². The lowest BCUT2D eigenvalue weighted by molar-refractivity contribution is -0.137. The van der Waals surface area contributed by atoms with E-state index in [2.05, 4.69) is 10.3 Å². The lowest BCUT2D eigenvalue weighted by Gasteiger charge is -2.34. The molecule has 4 rings (SSSR count). The van der Waals surface area contributed by atoms with Crippen LogP contribution in [0.2, 0.25) is 0 Å². The van der Waals surface area contributed by atoms with Crippen molar-refractivity contribution in [1.82, 2.24) is 14.5 Å². The number of hydrogen-bond donors (Lipinski definition) is 2. The van der Waals surface area contributed by atoms with E-state index < -0.39 is 33.2 Å². The third-order valence-corrected chi connectivity index (χ3v) is 9.16. The highest BCUT2D eigenvalue weighted by Gasteiger charge is 2.47. The summed E-state index contributed by atoms with van der Waals surface area (Å²) in [7, 11) is -2.22. The van der Waals surface area contributed by atoms with Crippen LogP contribution in [0.4, 0.5) is 13.2 Å². The van der Waals surface area contributed by atoms with Crippen molar-refractivity contribution in [2.45, 2.75) is 44.8 Å². The standard InChI is InChI=1S/C29H33F3N4O5S/c1-19-16-22(26(38)35(3)11-5-14-37)17-20(2)24(19)8-15-42(40,41)36-12-9-28(10-13-36)27(39)33-25(34-28)21-6-4-7-23(18-21)29(30,31)32/h4,6-8,15-18,37H,5,9-14H2,1-3H3,(H,33,34,39). The first-order valence-corrected chi connectivity index (χ1v) is 14.9. The molecular formula is C29H33F3N4O5S. The third kappa shape index (κ3) is 6.58. The largest absolute Gasteiger partial charge is 0.416 e. The van der Waals surface area contributed by atoms with Gasteiger partial charge in [0.25, 0.3) is 11.8 Å². The van der Waals surface area contributed by atoms with Crippen molar-refractivity contribution in [1.29, 1.82) is 0 Å². The molecule has 2 aliphatic rings. The summed E-state index contributed by atoms with van der Waals surface area (Å²) in [5.41, 5.74) is 0.581. The molecule has 0 aliphatic carbocycles. The monoisotopic (exact) mass is 606 g/mol. The molecule has 2 heterocycles. The van der Waals surface area contributed by atoms with Gasteiger partial charge in [-0.15, -0.1) is 0 Å². The molecule has 0 aromatic heterocycles. The van der Waals surface area contributed by atoms with E-state index in [1.165, 1.54) is 27.4 Å². The summed E-state index contributed by atoms with van der Waals surface area (Å²) >= 11 is 0. The number of amides is 2. The first-order chi connectivity index (χ1) is 19.7. The van der Waals surface area contributed by atoms with Crippen LogP contribution in [0.5, 0.6) is 0 Å². The normalized spacial score (nSPS) is 17.5. The highest BCUT2D eigenvalue weighted by atomic mass is 32.2. The molecule has 2 aromatic rings. The maximum absolute atomic E-state index is 13.2. The fourth-order valence-electron chi connectivity index (χ4n) is 5.18. The molecule has 13 heteroatoms. The van der Waals surface area contributed by atoms with Gasteiger partial charge in [0.15, 0.2) is 0 Å². The number of amidine groups is 1. The Labute approximate surface area is 242 Å². The summed E-state index contributed by atoms with van der Waals surface area (Å²) < 4.78 is 67.0. The molecule has 0 radical (unpaired) electrons. The number of aliphatic imine (C=N–C) groups is 1. The summed E-state index contributed by atoms with van der Waals surface area (Å²) in [5, 5.41) is 12.7. The van der Waals surface area contributed by atoms with Crippen LogP contribution < -0.4 is 5.32 Å². The first kappa shape index (κ1) is 31.4. The highest BCUT2D eigenvalue weighted by molar-refractivity contribution is 7.92. The van der Waals surface area contributed by atoms with Gasteiger partial charge in [0.1, 0.15) is 11.4 Å². The number of aliphatic hydroxyl groups excluding tert-OH is 1. The smallest absolute Gasteiger partial charge is 0.396 e. The predicted octanol–water partition coefficient (Wildman–Crippen LogP) is 3.49. The summed E-state index contributed by atoms with van der Waals surface area (Å²) in [4.78, 5) is 31.5. The zero-order valence-corrected chi connectivity index (χ0v) is 24.3. The van der Waals surface area contributed by atoms with Gasteiger partial charge in [0.05, 0.1) is 5.56 Å². The number of hydrogen-bond acceptors (Lipinski definition) is 6. The predicted molar refractivity (Wildman–Crippen MR) is 152 cm³/mol. The van der Waals surface area contributed by atoms with Crippen molar-refractivity contribution >= 4 is 33.7 Å². The number of carbonyl (C=O) groups excluding carboxylic acids is 2. The second-order valence-corrected chi connectivity index (χ2v) is 12.4. The molecule has 1 fully saturated rings. The minimum absolute atomic E-state index is 0.00500. The number of sulfonamides is 1. The van der Waals surface area contributed by atoms with Gasteiger partial charge in [-0.2, -0.15) is 17.5 Å². The maximum Gasteiger partial charge on any atom is 0.416 e. The van der Waals surface area contributed by atoms with E-state index in [1.54, 1.807) is 33.0 Å². The molecule has 0 saturated carbocycles. The van der Waals surface area contributed by atoms with Crippen LogP contribution in [0, 0.1) is 13.8 Å². The Morgan fingerprint density at radius 3 is 2.40 bits per heavy atom. The van der Waals surface area contributed by atoms with Gasteiger partial charge in [-0.05, 0) is 80.1 Å².